The molecule has 4 rings (SSSR count). The Morgan fingerprint density at radius 1 is 1.06 bits per heavy atom. The van der Waals surface area contributed by atoms with E-state index in [1.54, 1.807) is 24.5 Å². The van der Waals surface area contributed by atoms with Crippen LogP contribution in [0.4, 0.5) is 5.69 Å². The molecular weight excluding hydrogens is 463 g/mol. The summed E-state index contributed by atoms with van der Waals surface area (Å²) in [5.41, 5.74) is 2.95. The van der Waals surface area contributed by atoms with Gasteiger partial charge in [0.25, 0.3) is 11.7 Å². The van der Waals surface area contributed by atoms with Crippen LogP contribution >= 0.6 is 23.2 Å². The SMILES string of the molecule is COc1c(Cl)cc(Cl)cc1/C(O)=C1\C(=O)C(=O)N(c2cc(C)ccc2C)C1c1ccncc1. The highest BCUT2D eigenvalue weighted by atomic mass is 35.5. The minimum Gasteiger partial charge on any atom is -0.507 e. The number of amides is 1. The number of anilines is 1. The number of methoxy groups -OCH3 is 1. The van der Waals surface area contributed by atoms with Crippen LogP contribution in [0.5, 0.6) is 5.75 Å². The molecule has 3 aromatic rings. The number of rotatable bonds is 4. The number of ketones is 1. The maximum Gasteiger partial charge on any atom is 0.300 e. The van der Waals surface area contributed by atoms with Crippen molar-refractivity contribution >= 4 is 46.3 Å². The number of aliphatic hydroxyl groups excluding tert-OH is 1. The van der Waals surface area contributed by atoms with Crippen LogP contribution in [0.25, 0.3) is 5.76 Å². The van der Waals surface area contributed by atoms with Gasteiger partial charge in [-0.05, 0) is 60.9 Å². The number of hydrogen-bond acceptors (Lipinski definition) is 5. The second kappa shape index (κ2) is 8.89. The number of carbonyl (C=O) groups is 2. The molecule has 33 heavy (non-hydrogen) atoms. The molecule has 6 nitrogen and oxygen atoms in total. The van der Waals surface area contributed by atoms with Crippen molar-refractivity contribution < 1.29 is 19.4 Å². The Morgan fingerprint density at radius 3 is 2.42 bits per heavy atom. The molecule has 1 N–H and O–H groups in total. The number of carbonyl (C=O) groups excluding carboxylic acids is 2. The fraction of sp³-hybridized carbons (Fsp3) is 0.160. The second-order valence-electron chi connectivity index (χ2n) is 7.71. The second-order valence-corrected chi connectivity index (χ2v) is 8.55. The Hall–Kier alpha value is -3.35. The van der Waals surface area contributed by atoms with Gasteiger partial charge in [0.2, 0.25) is 0 Å². The van der Waals surface area contributed by atoms with E-state index in [2.05, 4.69) is 4.98 Å². The number of aromatic nitrogens is 1. The quantitative estimate of drug-likeness (QED) is 0.295. The van der Waals surface area contributed by atoms with Crippen LogP contribution in [0.2, 0.25) is 10.0 Å². The number of hydrogen-bond donors (Lipinski definition) is 1. The maximum absolute atomic E-state index is 13.3. The summed E-state index contributed by atoms with van der Waals surface area (Å²) in [5, 5.41) is 11.8. The maximum atomic E-state index is 13.3. The molecule has 1 amide bonds. The zero-order chi connectivity index (χ0) is 23.9. The molecule has 0 bridgehead atoms. The van der Waals surface area contributed by atoms with Gasteiger partial charge in [-0.1, -0.05) is 35.3 Å². The van der Waals surface area contributed by atoms with Gasteiger partial charge < -0.3 is 9.84 Å². The van der Waals surface area contributed by atoms with Crippen LogP contribution in [0.1, 0.15) is 28.3 Å². The fourth-order valence-corrected chi connectivity index (χ4v) is 4.58. The van der Waals surface area contributed by atoms with Gasteiger partial charge >= 0.3 is 0 Å². The number of halogens is 2. The predicted molar refractivity (Wildman–Crippen MR) is 128 cm³/mol. The van der Waals surface area contributed by atoms with Crippen molar-refractivity contribution in [1.29, 1.82) is 0 Å². The van der Waals surface area contributed by atoms with Crippen LogP contribution in [-0.2, 0) is 9.59 Å². The number of pyridine rings is 1. The minimum absolute atomic E-state index is 0.0938. The summed E-state index contributed by atoms with van der Waals surface area (Å²) >= 11 is 12.4. The molecule has 1 aromatic heterocycles. The lowest BCUT2D eigenvalue weighted by atomic mass is 9.95. The molecule has 1 aliphatic rings. The summed E-state index contributed by atoms with van der Waals surface area (Å²) < 4.78 is 5.36. The van der Waals surface area contributed by atoms with Crippen molar-refractivity contribution in [3.8, 4) is 5.75 Å². The van der Waals surface area contributed by atoms with Gasteiger partial charge in [0.1, 0.15) is 11.5 Å². The van der Waals surface area contributed by atoms with Crippen molar-refractivity contribution in [3.63, 3.8) is 0 Å². The first-order valence-corrected chi connectivity index (χ1v) is 10.8. The smallest absolute Gasteiger partial charge is 0.300 e. The topological polar surface area (TPSA) is 79.7 Å². The van der Waals surface area contributed by atoms with Gasteiger partial charge in [-0.2, -0.15) is 0 Å². The zero-order valence-corrected chi connectivity index (χ0v) is 19.6. The highest BCUT2D eigenvalue weighted by Crippen LogP contribution is 2.45. The van der Waals surface area contributed by atoms with E-state index >= 15 is 0 Å². The van der Waals surface area contributed by atoms with Crippen molar-refractivity contribution in [1.82, 2.24) is 4.98 Å². The van der Waals surface area contributed by atoms with E-state index in [4.69, 9.17) is 27.9 Å². The third-order valence-electron chi connectivity index (χ3n) is 5.56. The molecule has 0 saturated carbocycles. The fourth-order valence-electron chi connectivity index (χ4n) is 4.01. The molecule has 8 heteroatoms. The highest BCUT2D eigenvalue weighted by Gasteiger charge is 2.47. The van der Waals surface area contributed by atoms with Gasteiger partial charge in [-0.3, -0.25) is 19.5 Å². The first kappa shape index (κ1) is 22.8. The molecule has 2 heterocycles. The molecular formula is C25H20Cl2N2O4. The summed E-state index contributed by atoms with van der Waals surface area (Å²) in [4.78, 5) is 32.1. The van der Waals surface area contributed by atoms with Crippen molar-refractivity contribution in [2.75, 3.05) is 12.0 Å². The Morgan fingerprint density at radius 2 is 1.76 bits per heavy atom. The summed E-state index contributed by atoms with van der Waals surface area (Å²) in [7, 11) is 1.39. The number of benzene rings is 2. The molecule has 1 fully saturated rings. The van der Waals surface area contributed by atoms with Crippen LogP contribution in [-0.4, -0.2) is 28.9 Å². The third-order valence-corrected chi connectivity index (χ3v) is 6.06. The van der Waals surface area contributed by atoms with Gasteiger partial charge in [0.15, 0.2) is 0 Å². The van der Waals surface area contributed by atoms with Crippen molar-refractivity contribution in [2.45, 2.75) is 19.9 Å². The molecule has 1 saturated heterocycles. The predicted octanol–water partition coefficient (Wildman–Crippen LogP) is 5.64. The standard InChI is InChI=1S/C25H20Cl2N2O4/c1-13-4-5-14(2)19(10-13)29-21(15-6-8-28-9-7-15)20(23(31)25(29)32)22(30)17-11-16(26)12-18(27)24(17)33-3/h4-12,21,30H,1-3H3/b22-20+. The average molecular weight is 483 g/mol. The average Bonchev–Trinajstić information content (AvgIpc) is 3.05. The van der Waals surface area contributed by atoms with Gasteiger partial charge in [-0.25, -0.2) is 0 Å². The summed E-state index contributed by atoms with van der Waals surface area (Å²) in [6.07, 6.45) is 3.13. The lowest BCUT2D eigenvalue weighted by Gasteiger charge is -2.27. The molecule has 1 unspecified atom stereocenters. The third kappa shape index (κ3) is 3.96. The monoisotopic (exact) mass is 482 g/mol. The summed E-state index contributed by atoms with van der Waals surface area (Å²) in [6, 6.07) is 11.1. The van der Waals surface area contributed by atoms with E-state index < -0.39 is 23.5 Å². The summed E-state index contributed by atoms with van der Waals surface area (Å²) in [6.45, 7) is 3.76. The number of aryl methyl sites for hydroxylation is 2. The van der Waals surface area contributed by atoms with Crippen LogP contribution < -0.4 is 9.64 Å². The number of nitrogens with zero attached hydrogens (tertiary/aromatic N) is 2. The van der Waals surface area contributed by atoms with E-state index in [1.807, 2.05) is 32.0 Å². The molecule has 1 aliphatic heterocycles. The molecule has 0 aliphatic carbocycles. The summed E-state index contributed by atoms with van der Waals surface area (Å²) in [5.74, 6) is -1.86. The normalized spacial score (nSPS) is 17.5. The van der Waals surface area contributed by atoms with E-state index in [0.29, 0.717) is 11.3 Å². The first-order chi connectivity index (χ1) is 15.7. The number of ether oxygens (including phenoxy) is 1. The minimum atomic E-state index is -0.893. The molecule has 2 aromatic carbocycles. The molecule has 1 atom stereocenters. The lowest BCUT2D eigenvalue weighted by Crippen LogP contribution is -2.30. The highest BCUT2D eigenvalue weighted by molar-refractivity contribution is 6.52. The van der Waals surface area contributed by atoms with Gasteiger partial charge in [0.05, 0.1) is 29.3 Å². The van der Waals surface area contributed by atoms with Crippen LogP contribution in [0.3, 0.4) is 0 Å². The van der Waals surface area contributed by atoms with E-state index in [9.17, 15) is 14.7 Å². The van der Waals surface area contributed by atoms with Crippen LogP contribution in [0, 0.1) is 13.8 Å². The lowest BCUT2D eigenvalue weighted by molar-refractivity contribution is -0.132. The largest absolute Gasteiger partial charge is 0.507 e. The van der Waals surface area contributed by atoms with E-state index in [1.165, 1.54) is 24.1 Å². The number of Topliss-reactive ketones (excluding diaryl/α,β-unsaturated/α-hetero) is 1. The van der Waals surface area contributed by atoms with Crippen molar-refractivity contribution in [2.24, 2.45) is 0 Å². The first-order valence-electron chi connectivity index (χ1n) is 10.1. The Kier molecular flexibility index (Phi) is 6.15. The Balaban J connectivity index is 2.03. The van der Waals surface area contributed by atoms with E-state index in [-0.39, 0.29) is 26.9 Å². The Labute approximate surface area is 201 Å². The molecule has 168 valence electrons. The Bertz CT molecular complexity index is 1310. The van der Waals surface area contributed by atoms with Crippen molar-refractivity contribution in [3.05, 3.63) is 92.7 Å². The molecule has 0 spiro atoms. The molecule has 0 radical (unpaired) electrons. The van der Waals surface area contributed by atoms with E-state index in [0.717, 1.165) is 11.1 Å². The van der Waals surface area contributed by atoms with Crippen LogP contribution in [0.15, 0.2) is 60.4 Å². The number of aliphatic hydroxyl groups is 1. The van der Waals surface area contributed by atoms with Gasteiger partial charge in [-0.15, -0.1) is 0 Å². The van der Waals surface area contributed by atoms with Gasteiger partial charge in [0, 0.05) is 23.1 Å². The zero-order valence-electron chi connectivity index (χ0n) is 18.1.